The molecule has 0 N–H and O–H groups in total. The van der Waals surface area contributed by atoms with E-state index in [1.807, 2.05) is 54.7 Å². The first-order chi connectivity index (χ1) is 13.5. The van der Waals surface area contributed by atoms with Crippen LogP contribution < -0.4 is 0 Å². The van der Waals surface area contributed by atoms with Gasteiger partial charge in [0, 0.05) is 17.6 Å². The molecule has 4 rings (SSSR count). The SMILES string of the molecule is Cc1cc(C=C2SC(=S)N(Cc3ccccc3)C2=O)c(C)n1-c1cccnc1. The third-order valence-electron chi connectivity index (χ3n) is 4.72. The van der Waals surface area contributed by atoms with E-state index in [9.17, 15) is 4.79 Å². The van der Waals surface area contributed by atoms with E-state index >= 15 is 0 Å². The van der Waals surface area contributed by atoms with Crippen molar-refractivity contribution in [2.75, 3.05) is 0 Å². The Kier molecular flexibility index (Phi) is 5.15. The minimum Gasteiger partial charge on any atom is -0.316 e. The van der Waals surface area contributed by atoms with Crippen molar-refractivity contribution < 1.29 is 4.79 Å². The Hall–Kier alpha value is -2.70. The van der Waals surface area contributed by atoms with Crippen molar-refractivity contribution in [3.05, 3.63) is 88.3 Å². The zero-order valence-corrected chi connectivity index (χ0v) is 17.3. The van der Waals surface area contributed by atoms with E-state index in [2.05, 4.69) is 29.5 Å². The van der Waals surface area contributed by atoms with Crippen LogP contribution in [0.1, 0.15) is 22.5 Å². The number of rotatable bonds is 4. The molecule has 1 aromatic carbocycles. The van der Waals surface area contributed by atoms with Crippen molar-refractivity contribution in [1.82, 2.24) is 14.5 Å². The summed E-state index contributed by atoms with van der Waals surface area (Å²) in [6.45, 7) is 4.60. The molecule has 1 saturated heterocycles. The molecule has 6 heteroatoms. The number of pyridine rings is 1. The number of carbonyl (C=O) groups is 1. The van der Waals surface area contributed by atoms with Gasteiger partial charge in [-0.3, -0.25) is 14.7 Å². The van der Waals surface area contributed by atoms with Crippen molar-refractivity contribution in [3.8, 4) is 5.69 Å². The van der Waals surface area contributed by atoms with E-state index in [4.69, 9.17) is 12.2 Å². The van der Waals surface area contributed by atoms with Gasteiger partial charge in [0.05, 0.1) is 23.3 Å². The molecule has 140 valence electrons. The average molecular weight is 406 g/mol. The predicted molar refractivity (Wildman–Crippen MR) is 118 cm³/mol. The monoisotopic (exact) mass is 405 g/mol. The standard InChI is InChI=1S/C22H19N3OS2/c1-15-11-18(16(2)25(15)19-9-6-10-23-13-19)12-20-21(26)24(22(27)28-20)14-17-7-4-3-5-8-17/h3-13H,14H2,1-2H3. The van der Waals surface area contributed by atoms with E-state index in [1.54, 1.807) is 11.1 Å². The molecule has 3 heterocycles. The Morgan fingerprint density at radius 3 is 2.64 bits per heavy atom. The summed E-state index contributed by atoms with van der Waals surface area (Å²) in [5, 5.41) is 0. The number of hydrogen-bond acceptors (Lipinski definition) is 4. The highest BCUT2D eigenvalue weighted by Gasteiger charge is 2.32. The van der Waals surface area contributed by atoms with Crippen LogP contribution in [-0.2, 0) is 11.3 Å². The van der Waals surface area contributed by atoms with Crippen LogP contribution in [0.4, 0.5) is 0 Å². The molecule has 1 aliphatic rings. The molecule has 0 saturated carbocycles. The van der Waals surface area contributed by atoms with Gasteiger partial charge in [-0.2, -0.15) is 0 Å². The quantitative estimate of drug-likeness (QED) is 0.458. The first-order valence-corrected chi connectivity index (χ1v) is 10.2. The largest absolute Gasteiger partial charge is 0.316 e. The number of carbonyl (C=O) groups excluding carboxylic acids is 1. The van der Waals surface area contributed by atoms with Crippen molar-refractivity contribution in [2.24, 2.45) is 0 Å². The molecule has 28 heavy (non-hydrogen) atoms. The fourth-order valence-corrected chi connectivity index (χ4v) is 4.61. The zero-order chi connectivity index (χ0) is 19.7. The molecule has 4 nitrogen and oxygen atoms in total. The summed E-state index contributed by atoms with van der Waals surface area (Å²) in [5.74, 6) is -0.0370. The lowest BCUT2D eigenvalue weighted by Gasteiger charge is -2.14. The maximum absolute atomic E-state index is 12.9. The second-order valence-electron chi connectivity index (χ2n) is 6.63. The summed E-state index contributed by atoms with van der Waals surface area (Å²) in [7, 11) is 0. The summed E-state index contributed by atoms with van der Waals surface area (Å²) < 4.78 is 2.74. The first kappa shape index (κ1) is 18.7. The van der Waals surface area contributed by atoms with E-state index in [1.165, 1.54) is 11.8 Å². The second-order valence-corrected chi connectivity index (χ2v) is 8.30. The third kappa shape index (κ3) is 3.53. The molecule has 2 aromatic heterocycles. The third-order valence-corrected chi connectivity index (χ3v) is 6.10. The van der Waals surface area contributed by atoms with Gasteiger partial charge in [0.1, 0.15) is 4.32 Å². The van der Waals surface area contributed by atoms with E-state index < -0.39 is 0 Å². The molecule has 1 fully saturated rings. The van der Waals surface area contributed by atoms with Crippen LogP contribution >= 0.6 is 24.0 Å². The highest BCUT2D eigenvalue weighted by atomic mass is 32.2. The van der Waals surface area contributed by atoms with E-state index in [0.29, 0.717) is 15.8 Å². The lowest BCUT2D eigenvalue weighted by Crippen LogP contribution is -2.27. The lowest BCUT2D eigenvalue weighted by molar-refractivity contribution is -0.122. The molecule has 1 amide bonds. The highest BCUT2D eigenvalue weighted by molar-refractivity contribution is 8.26. The van der Waals surface area contributed by atoms with Crippen LogP contribution in [0.25, 0.3) is 11.8 Å². The molecule has 3 aromatic rings. The number of benzene rings is 1. The molecule has 0 unspecified atom stereocenters. The summed E-state index contributed by atoms with van der Waals surface area (Å²) in [6.07, 6.45) is 5.54. The number of thioether (sulfide) groups is 1. The number of thiocarbonyl (C=S) groups is 1. The average Bonchev–Trinajstić information content (AvgIpc) is 3.13. The molecular formula is C22H19N3OS2. The Balaban J connectivity index is 1.63. The molecule has 0 bridgehead atoms. The van der Waals surface area contributed by atoms with Gasteiger partial charge in [-0.1, -0.05) is 54.3 Å². The van der Waals surface area contributed by atoms with Gasteiger partial charge >= 0.3 is 0 Å². The molecule has 0 spiro atoms. The predicted octanol–water partition coefficient (Wildman–Crippen LogP) is 4.89. The number of aryl methyl sites for hydroxylation is 1. The van der Waals surface area contributed by atoms with Crippen LogP contribution in [0.5, 0.6) is 0 Å². The van der Waals surface area contributed by atoms with Gasteiger partial charge in [-0.15, -0.1) is 0 Å². The van der Waals surface area contributed by atoms with Crippen LogP contribution in [-0.4, -0.2) is 24.7 Å². The molecular weight excluding hydrogens is 386 g/mol. The summed E-state index contributed by atoms with van der Waals surface area (Å²) in [6, 6.07) is 15.9. The van der Waals surface area contributed by atoms with Gasteiger partial charge in [0.25, 0.3) is 5.91 Å². The van der Waals surface area contributed by atoms with Crippen molar-refractivity contribution in [2.45, 2.75) is 20.4 Å². The topological polar surface area (TPSA) is 38.1 Å². The number of nitrogens with zero attached hydrogens (tertiary/aromatic N) is 3. The van der Waals surface area contributed by atoms with Gasteiger partial charge in [0.15, 0.2) is 0 Å². The molecule has 0 atom stereocenters. The zero-order valence-electron chi connectivity index (χ0n) is 15.6. The van der Waals surface area contributed by atoms with E-state index in [-0.39, 0.29) is 5.91 Å². The normalized spacial score (nSPS) is 15.6. The van der Waals surface area contributed by atoms with Gasteiger partial charge in [-0.25, -0.2) is 0 Å². The molecule has 1 aliphatic heterocycles. The van der Waals surface area contributed by atoms with Crippen molar-refractivity contribution in [3.63, 3.8) is 0 Å². The van der Waals surface area contributed by atoms with Crippen LogP contribution in [0.2, 0.25) is 0 Å². The first-order valence-electron chi connectivity index (χ1n) is 8.93. The van der Waals surface area contributed by atoms with Crippen LogP contribution in [0, 0.1) is 13.8 Å². The molecule has 0 aliphatic carbocycles. The summed E-state index contributed by atoms with van der Waals surface area (Å²) in [4.78, 5) is 19.5. The summed E-state index contributed by atoms with van der Waals surface area (Å²) in [5.41, 5.74) is 5.25. The minimum atomic E-state index is -0.0370. The second kappa shape index (κ2) is 7.73. The van der Waals surface area contributed by atoms with Crippen LogP contribution in [0.15, 0.2) is 65.8 Å². The number of hydrogen-bond donors (Lipinski definition) is 0. The fraction of sp³-hybridized carbons (Fsp3) is 0.136. The highest BCUT2D eigenvalue weighted by Crippen LogP contribution is 2.34. The van der Waals surface area contributed by atoms with Crippen LogP contribution in [0.3, 0.4) is 0 Å². The molecule has 0 radical (unpaired) electrons. The van der Waals surface area contributed by atoms with Gasteiger partial charge in [-0.05, 0) is 49.2 Å². The number of aromatic nitrogens is 2. The van der Waals surface area contributed by atoms with E-state index in [0.717, 1.165) is 28.2 Å². The summed E-state index contributed by atoms with van der Waals surface area (Å²) >= 11 is 6.83. The number of amides is 1. The van der Waals surface area contributed by atoms with Gasteiger partial charge in [0.2, 0.25) is 0 Å². The smallest absolute Gasteiger partial charge is 0.266 e. The van der Waals surface area contributed by atoms with Crippen molar-refractivity contribution >= 4 is 40.3 Å². The maximum Gasteiger partial charge on any atom is 0.266 e. The van der Waals surface area contributed by atoms with Gasteiger partial charge < -0.3 is 4.57 Å². The Labute approximate surface area is 173 Å². The Bertz CT molecular complexity index is 1070. The Morgan fingerprint density at radius 2 is 1.93 bits per heavy atom. The minimum absolute atomic E-state index is 0.0370. The lowest BCUT2D eigenvalue weighted by atomic mass is 10.2. The van der Waals surface area contributed by atoms with Crippen molar-refractivity contribution in [1.29, 1.82) is 0 Å². The Morgan fingerprint density at radius 1 is 1.14 bits per heavy atom. The fourth-order valence-electron chi connectivity index (χ4n) is 3.36. The maximum atomic E-state index is 12.9.